The molecule has 0 saturated heterocycles. The summed E-state index contributed by atoms with van der Waals surface area (Å²) in [6.45, 7) is 5.11. The van der Waals surface area contributed by atoms with Crippen molar-refractivity contribution in [3.8, 4) is 11.5 Å². The number of benzene rings is 3. The SMILES string of the molecule is CCCOc1c(C(=O)OCC)c(N(C)C)cc2c(OCc3ccccc3)cccc12. The average Bonchev–Trinajstić information content (AvgIpc) is 2.76. The maximum atomic E-state index is 12.8. The highest BCUT2D eigenvalue weighted by Crippen LogP contribution is 2.41. The highest BCUT2D eigenvalue weighted by molar-refractivity contribution is 6.08. The summed E-state index contributed by atoms with van der Waals surface area (Å²) >= 11 is 0. The fourth-order valence-corrected chi connectivity index (χ4v) is 3.32. The monoisotopic (exact) mass is 407 g/mol. The molecule has 0 unspecified atom stereocenters. The molecular formula is C25H29NO4. The lowest BCUT2D eigenvalue weighted by Gasteiger charge is -2.22. The zero-order chi connectivity index (χ0) is 21.5. The second-order valence-corrected chi connectivity index (χ2v) is 7.19. The van der Waals surface area contributed by atoms with Crippen molar-refractivity contribution in [1.82, 2.24) is 0 Å². The van der Waals surface area contributed by atoms with E-state index in [1.54, 1.807) is 6.92 Å². The van der Waals surface area contributed by atoms with E-state index in [1.165, 1.54) is 0 Å². The van der Waals surface area contributed by atoms with Gasteiger partial charge in [-0.1, -0.05) is 49.4 Å². The highest BCUT2D eigenvalue weighted by Gasteiger charge is 2.24. The molecule has 0 aliphatic rings. The molecule has 0 atom stereocenters. The summed E-state index contributed by atoms with van der Waals surface area (Å²) in [5, 5.41) is 1.74. The number of carbonyl (C=O) groups is 1. The number of carbonyl (C=O) groups excluding carboxylic acids is 1. The summed E-state index contributed by atoms with van der Waals surface area (Å²) in [6, 6.07) is 17.8. The summed E-state index contributed by atoms with van der Waals surface area (Å²) in [5.74, 6) is 0.905. The van der Waals surface area contributed by atoms with Gasteiger partial charge in [0.15, 0.2) is 0 Å². The van der Waals surface area contributed by atoms with Crippen LogP contribution >= 0.6 is 0 Å². The van der Waals surface area contributed by atoms with Crippen LogP contribution in [0.2, 0.25) is 0 Å². The smallest absolute Gasteiger partial charge is 0.344 e. The molecule has 3 rings (SSSR count). The number of hydrogen-bond acceptors (Lipinski definition) is 5. The minimum absolute atomic E-state index is 0.303. The molecule has 3 aromatic carbocycles. The number of ether oxygens (including phenoxy) is 3. The van der Waals surface area contributed by atoms with Crippen molar-refractivity contribution in [1.29, 1.82) is 0 Å². The Balaban J connectivity index is 2.14. The maximum Gasteiger partial charge on any atom is 0.344 e. The van der Waals surface area contributed by atoms with Crippen LogP contribution in [0.4, 0.5) is 5.69 Å². The summed E-state index contributed by atoms with van der Waals surface area (Å²) in [4.78, 5) is 14.7. The van der Waals surface area contributed by atoms with Gasteiger partial charge in [0.25, 0.3) is 0 Å². The molecule has 3 aromatic rings. The minimum Gasteiger partial charge on any atom is -0.492 e. The summed E-state index contributed by atoms with van der Waals surface area (Å²) < 4.78 is 17.6. The first-order chi connectivity index (χ1) is 14.6. The Morgan fingerprint density at radius 3 is 2.37 bits per heavy atom. The van der Waals surface area contributed by atoms with Gasteiger partial charge in [-0.15, -0.1) is 0 Å². The summed E-state index contributed by atoms with van der Waals surface area (Å²) in [7, 11) is 3.81. The van der Waals surface area contributed by atoms with Gasteiger partial charge in [0.1, 0.15) is 23.7 Å². The molecule has 0 radical (unpaired) electrons. The zero-order valence-corrected chi connectivity index (χ0v) is 18.1. The van der Waals surface area contributed by atoms with E-state index < -0.39 is 0 Å². The second kappa shape index (κ2) is 10.0. The van der Waals surface area contributed by atoms with Crippen LogP contribution in [0.25, 0.3) is 10.8 Å². The van der Waals surface area contributed by atoms with Crippen molar-refractivity contribution >= 4 is 22.4 Å². The van der Waals surface area contributed by atoms with Crippen LogP contribution in [-0.4, -0.2) is 33.3 Å². The first-order valence-corrected chi connectivity index (χ1v) is 10.3. The number of anilines is 1. The predicted octanol–water partition coefficient (Wildman–Crippen LogP) is 5.45. The Morgan fingerprint density at radius 2 is 1.70 bits per heavy atom. The maximum absolute atomic E-state index is 12.8. The number of hydrogen-bond donors (Lipinski definition) is 0. The van der Waals surface area contributed by atoms with Crippen LogP contribution in [0.15, 0.2) is 54.6 Å². The van der Waals surface area contributed by atoms with Crippen molar-refractivity contribution < 1.29 is 19.0 Å². The molecule has 30 heavy (non-hydrogen) atoms. The van der Waals surface area contributed by atoms with Gasteiger partial charge in [-0.2, -0.15) is 0 Å². The summed E-state index contributed by atoms with van der Waals surface area (Å²) in [6.07, 6.45) is 0.833. The molecule has 158 valence electrons. The van der Waals surface area contributed by atoms with E-state index in [4.69, 9.17) is 14.2 Å². The van der Waals surface area contributed by atoms with Gasteiger partial charge < -0.3 is 19.1 Å². The molecule has 0 fully saturated rings. The third kappa shape index (κ3) is 4.67. The van der Waals surface area contributed by atoms with Crippen LogP contribution in [0, 0.1) is 0 Å². The molecule has 0 aromatic heterocycles. The largest absolute Gasteiger partial charge is 0.492 e. The number of fused-ring (bicyclic) bond motifs is 1. The van der Waals surface area contributed by atoms with Gasteiger partial charge >= 0.3 is 5.97 Å². The third-order valence-corrected chi connectivity index (χ3v) is 4.72. The lowest BCUT2D eigenvalue weighted by atomic mass is 10.0. The van der Waals surface area contributed by atoms with Crippen LogP contribution in [-0.2, 0) is 11.3 Å². The van der Waals surface area contributed by atoms with Gasteiger partial charge in [-0.25, -0.2) is 4.79 Å². The summed E-state index contributed by atoms with van der Waals surface area (Å²) in [5.41, 5.74) is 2.28. The lowest BCUT2D eigenvalue weighted by Crippen LogP contribution is -2.17. The van der Waals surface area contributed by atoms with Crippen molar-refractivity contribution in [2.45, 2.75) is 26.9 Å². The molecule has 0 bridgehead atoms. The quantitative estimate of drug-likeness (QED) is 0.442. The van der Waals surface area contributed by atoms with E-state index in [0.717, 1.165) is 34.2 Å². The van der Waals surface area contributed by atoms with E-state index in [0.29, 0.717) is 31.1 Å². The van der Waals surface area contributed by atoms with E-state index in [-0.39, 0.29) is 5.97 Å². The Labute approximate surface area is 178 Å². The van der Waals surface area contributed by atoms with E-state index in [2.05, 4.69) is 0 Å². The van der Waals surface area contributed by atoms with Crippen LogP contribution < -0.4 is 14.4 Å². The van der Waals surface area contributed by atoms with Crippen molar-refractivity contribution in [3.63, 3.8) is 0 Å². The number of rotatable bonds is 9. The predicted molar refractivity (Wildman–Crippen MR) is 121 cm³/mol. The molecule has 0 saturated carbocycles. The zero-order valence-electron chi connectivity index (χ0n) is 18.1. The molecule has 0 amide bonds. The topological polar surface area (TPSA) is 48.0 Å². The van der Waals surface area contributed by atoms with E-state index in [1.807, 2.05) is 80.5 Å². The first-order valence-electron chi connectivity index (χ1n) is 10.3. The van der Waals surface area contributed by atoms with Crippen molar-refractivity contribution in [2.75, 3.05) is 32.2 Å². The van der Waals surface area contributed by atoms with E-state index >= 15 is 0 Å². The van der Waals surface area contributed by atoms with Crippen LogP contribution in [0.3, 0.4) is 0 Å². The molecule has 0 aliphatic carbocycles. The first kappa shape index (κ1) is 21.5. The number of nitrogens with zero attached hydrogens (tertiary/aromatic N) is 1. The highest BCUT2D eigenvalue weighted by atomic mass is 16.5. The van der Waals surface area contributed by atoms with Gasteiger partial charge in [0.05, 0.1) is 18.9 Å². The molecule has 0 aliphatic heterocycles. The Morgan fingerprint density at radius 1 is 0.933 bits per heavy atom. The molecule has 5 heteroatoms. The lowest BCUT2D eigenvalue weighted by molar-refractivity contribution is 0.0523. The fourth-order valence-electron chi connectivity index (χ4n) is 3.32. The fraction of sp³-hybridized carbons (Fsp3) is 0.320. The number of esters is 1. The van der Waals surface area contributed by atoms with Gasteiger partial charge in [0.2, 0.25) is 0 Å². The van der Waals surface area contributed by atoms with Crippen molar-refractivity contribution in [2.24, 2.45) is 0 Å². The van der Waals surface area contributed by atoms with Gasteiger partial charge in [-0.05, 0) is 31.0 Å². The van der Waals surface area contributed by atoms with Gasteiger partial charge in [-0.3, -0.25) is 0 Å². The standard InChI is InChI=1S/C25H29NO4/c1-5-15-29-24-19-13-10-14-22(30-17-18-11-8-7-9-12-18)20(19)16-21(26(3)4)23(24)25(27)28-6-2/h7-14,16H,5-6,15,17H2,1-4H3. The Kier molecular flexibility index (Phi) is 7.17. The third-order valence-electron chi connectivity index (χ3n) is 4.72. The second-order valence-electron chi connectivity index (χ2n) is 7.19. The van der Waals surface area contributed by atoms with Gasteiger partial charge in [0, 0.05) is 24.9 Å². The Bertz CT molecular complexity index is 999. The van der Waals surface area contributed by atoms with Crippen LogP contribution in [0.5, 0.6) is 11.5 Å². The molecular weight excluding hydrogens is 378 g/mol. The average molecular weight is 408 g/mol. The Hall–Kier alpha value is -3.21. The van der Waals surface area contributed by atoms with Crippen LogP contribution in [0.1, 0.15) is 36.2 Å². The molecule has 0 heterocycles. The minimum atomic E-state index is -0.384. The molecule has 5 nitrogen and oxygen atoms in total. The molecule has 0 spiro atoms. The van der Waals surface area contributed by atoms with Crippen molar-refractivity contribution in [3.05, 3.63) is 65.7 Å². The van der Waals surface area contributed by atoms with E-state index in [9.17, 15) is 4.79 Å². The molecule has 0 N–H and O–H groups in total. The normalized spacial score (nSPS) is 10.7.